The SMILES string of the molecule is CSc1c(C)ccc2c1Nc1nc(Cl)ccc1C2. The molecule has 1 aromatic heterocycles. The van der Waals surface area contributed by atoms with Gasteiger partial charge in [0.05, 0.1) is 5.69 Å². The highest BCUT2D eigenvalue weighted by molar-refractivity contribution is 7.98. The van der Waals surface area contributed by atoms with Crippen molar-refractivity contribution >= 4 is 34.9 Å². The van der Waals surface area contributed by atoms with E-state index in [1.807, 2.05) is 12.1 Å². The summed E-state index contributed by atoms with van der Waals surface area (Å²) in [6.07, 6.45) is 3.01. The van der Waals surface area contributed by atoms with Crippen LogP contribution in [0.4, 0.5) is 11.5 Å². The molecular weight excluding hydrogens is 264 g/mol. The molecule has 0 amide bonds. The monoisotopic (exact) mass is 276 g/mol. The molecule has 0 saturated heterocycles. The number of rotatable bonds is 1. The van der Waals surface area contributed by atoms with Crippen molar-refractivity contribution in [3.05, 3.63) is 46.1 Å². The Kier molecular flexibility index (Phi) is 2.96. The molecule has 92 valence electrons. The van der Waals surface area contributed by atoms with Crippen LogP contribution in [-0.2, 0) is 6.42 Å². The fourth-order valence-electron chi connectivity index (χ4n) is 2.31. The molecule has 2 nitrogen and oxygen atoms in total. The maximum Gasteiger partial charge on any atom is 0.135 e. The van der Waals surface area contributed by atoms with Gasteiger partial charge in [-0.3, -0.25) is 0 Å². The molecule has 0 fully saturated rings. The van der Waals surface area contributed by atoms with E-state index in [2.05, 4.69) is 35.6 Å². The Morgan fingerprint density at radius 2 is 2.00 bits per heavy atom. The molecule has 1 aromatic carbocycles. The highest BCUT2D eigenvalue weighted by Gasteiger charge is 2.19. The number of anilines is 2. The number of thioether (sulfide) groups is 1. The molecule has 2 heterocycles. The Hall–Kier alpha value is -1.19. The summed E-state index contributed by atoms with van der Waals surface area (Å²) in [4.78, 5) is 5.65. The quantitative estimate of drug-likeness (QED) is 0.526. The van der Waals surface area contributed by atoms with Crippen LogP contribution in [0.15, 0.2) is 29.2 Å². The van der Waals surface area contributed by atoms with Gasteiger partial charge in [-0.2, -0.15) is 0 Å². The van der Waals surface area contributed by atoms with Crippen molar-refractivity contribution in [3.8, 4) is 0 Å². The lowest BCUT2D eigenvalue weighted by molar-refractivity contribution is 1.08. The zero-order chi connectivity index (χ0) is 12.7. The summed E-state index contributed by atoms with van der Waals surface area (Å²) in [5, 5.41) is 3.96. The number of pyridine rings is 1. The Balaban J connectivity index is 2.14. The Morgan fingerprint density at radius 1 is 1.22 bits per heavy atom. The van der Waals surface area contributed by atoms with Crippen LogP contribution in [0.1, 0.15) is 16.7 Å². The lowest BCUT2D eigenvalue weighted by Gasteiger charge is -2.23. The molecule has 0 spiro atoms. The minimum atomic E-state index is 0.531. The predicted molar refractivity (Wildman–Crippen MR) is 78.3 cm³/mol. The number of benzene rings is 1. The number of aromatic nitrogens is 1. The number of hydrogen-bond acceptors (Lipinski definition) is 3. The fourth-order valence-corrected chi connectivity index (χ4v) is 3.24. The van der Waals surface area contributed by atoms with E-state index in [-0.39, 0.29) is 0 Å². The Bertz CT molecular complexity index is 625. The van der Waals surface area contributed by atoms with Crippen LogP contribution in [0.5, 0.6) is 0 Å². The minimum absolute atomic E-state index is 0.531. The number of fused-ring (bicyclic) bond motifs is 2. The van der Waals surface area contributed by atoms with E-state index in [0.29, 0.717) is 5.15 Å². The topological polar surface area (TPSA) is 24.9 Å². The van der Waals surface area contributed by atoms with Gasteiger partial charge in [0.15, 0.2) is 0 Å². The summed E-state index contributed by atoms with van der Waals surface area (Å²) in [7, 11) is 0. The first-order chi connectivity index (χ1) is 8.69. The van der Waals surface area contributed by atoms with Crippen LogP contribution in [-0.4, -0.2) is 11.2 Å². The van der Waals surface area contributed by atoms with E-state index >= 15 is 0 Å². The maximum absolute atomic E-state index is 5.95. The molecule has 1 N–H and O–H groups in total. The minimum Gasteiger partial charge on any atom is -0.339 e. The fraction of sp³-hybridized carbons (Fsp3) is 0.214. The molecule has 1 aliphatic rings. The van der Waals surface area contributed by atoms with Crippen LogP contribution < -0.4 is 5.32 Å². The zero-order valence-corrected chi connectivity index (χ0v) is 11.8. The number of nitrogens with one attached hydrogen (secondary N) is 1. The lowest BCUT2D eigenvalue weighted by Crippen LogP contribution is -2.10. The van der Waals surface area contributed by atoms with Crippen LogP contribution >= 0.6 is 23.4 Å². The molecule has 0 bridgehead atoms. The second kappa shape index (κ2) is 4.48. The average molecular weight is 277 g/mol. The van der Waals surface area contributed by atoms with Crippen LogP contribution in [0.3, 0.4) is 0 Å². The van der Waals surface area contributed by atoms with Crippen molar-refractivity contribution in [1.29, 1.82) is 0 Å². The van der Waals surface area contributed by atoms with Crippen molar-refractivity contribution in [2.75, 3.05) is 11.6 Å². The van der Waals surface area contributed by atoms with Gasteiger partial charge in [0.25, 0.3) is 0 Å². The van der Waals surface area contributed by atoms with E-state index in [9.17, 15) is 0 Å². The molecule has 0 radical (unpaired) electrons. The molecule has 0 aliphatic carbocycles. The van der Waals surface area contributed by atoms with E-state index in [1.54, 1.807) is 11.8 Å². The molecule has 2 aromatic rings. The molecular formula is C14H13ClN2S. The standard InChI is InChI=1S/C14H13ClN2S/c1-8-3-4-9-7-10-5-6-11(15)16-14(10)17-12(9)13(8)18-2/h3-6H,7H2,1-2H3,(H,16,17). The van der Waals surface area contributed by atoms with Crippen molar-refractivity contribution in [2.24, 2.45) is 0 Å². The van der Waals surface area contributed by atoms with Crippen LogP contribution in [0.25, 0.3) is 0 Å². The zero-order valence-electron chi connectivity index (χ0n) is 10.2. The molecule has 0 atom stereocenters. The van der Waals surface area contributed by atoms with E-state index in [1.165, 1.54) is 27.3 Å². The van der Waals surface area contributed by atoms with E-state index in [0.717, 1.165) is 12.2 Å². The van der Waals surface area contributed by atoms with Crippen LogP contribution in [0, 0.1) is 6.92 Å². The third kappa shape index (κ3) is 1.88. The summed E-state index contributed by atoms with van der Waals surface area (Å²) in [6, 6.07) is 8.26. The smallest absolute Gasteiger partial charge is 0.135 e. The first-order valence-corrected chi connectivity index (χ1v) is 7.38. The molecule has 0 unspecified atom stereocenters. The van der Waals surface area contributed by atoms with Crippen molar-refractivity contribution in [1.82, 2.24) is 4.98 Å². The average Bonchev–Trinajstić information content (AvgIpc) is 2.36. The van der Waals surface area contributed by atoms with E-state index in [4.69, 9.17) is 11.6 Å². The molecule has 18 heavy (non-hydrogen) atoms. The first-order valence-electron chi connectivity index (χ1n) is 5.78. The lowest BCUT2D eigenvalue weighted by atomic mass is 9.98. The van der Waals surface area contributed by atoms with Gasteiger partial charge in [0.2, 0.25) is 0 Å². The third-order valence-electron chi connectivity index (χ3n) is 3.21. The summed E-state index contributed by atoms with van der Waals surface area (Å²) in [5.41, 5.74) is 4.99. The van der Waals surface area contributed by atoms with E-state index < -0.39 is 0 Å². The van der Waals surface area contributed by atoms with Crippen molar-refractivity contribution in [2.45, 2.75) is 18.2 Å². The summed E-state index contributed by atoms with van der Waals surface area (Å²) < 4.78 is 0. The first kappa shape index (κ1) is 11.9. The molecule has 0 saturated carbocycles. The van der Waals surface area contributed by atoms with Gasteiger partial charge < -0.3 is 5.32 Å². The molecule has 1 aliphatic heterocycles. The van der Waals surface area contributed by atoms with Gasteiger partial charge >= 0.3 is 0 Å². The second-order valence-electron chi connectivity index (χ2n) is 4.39. The Labute approximate surface area is 116 Å². The highest BCUT2D eigenvalue weighted by atomic mass is 35.5. The highest BCUT2D eigenvalue weighted by Crippen LogP contribution is 2.39. The summed E-state index contributed by atoms with van der Waals surface area (Å²) in [5.74, 6) is 0.885. The van der Waals surface area contributed by atoms with Gasteiger partial charge in [-0.05, 0) is 35.9 Å². The predicted octanol–water partition coefficient (Wildman–Crippen LogP) is 4.41. The number of nitrogens with zero attached hydrogens (tertiary/aromatic N) is 1. The second-order valence-corrected chi connectivity index (χ2v) is 5.60. The third-order valence-corrected chi connectivity index (χ3v) is 4.36. The van der Waals surface area contributed by atoms with Gasteiger partial charge in [0, 0.05) is 11.3 Å². The largest absolute Gasteiger partial charge is 0.339 e. The van der Waals surface area contributed by atoms with Gasteiger partial charge in [0.1, 0.15) is 11.0 Å². The molecule has 4 heteroatoms. The number of aryl methyl sites for hydroxylation is 1. The Morgan fingerprint density at radius 3 is 2.78 bits per heavy atom. The van der Waals surface area contributed by atoms with Crippen molar-refractivity contribution < 1.29 is 0 Å². The summed E-state index contributed by atoms with van der Waals surface area (Å²) >= 11 is 7.72. The van der Waals surface area contributed by atoms with Crippen LogP contribution in [0.2, 0.25) is 5.15 Å². The number of halogens is 1. The normalized spacial score (nSPS) is 12.6. The summed E-state index contributed by atoms with van der Waals surface area (Å²) in [6.45, 7) is 2.13. The van der Waals surface area contributed by atoms with Gasteiger partial charge in [-0.15, -0.1) is 11.8 Å². The maximum atomic E-state index is 5.95. The van der Waals surface area contributed by atoms with Gasteiger partial charge in [-0.1, -0.05) is 29.8 Å². The van der Waals surface area contributed by atoms with Gasteiger partial charge in [-0.25, -0.2) is 4.98 Å². The van der Waals surface area contributed by atoms with Crippen molar-refractivity contribution in [3.63, 3.8) is 0 Å². The molecule has 3 rings (SSSR count). The number of hydrogen-bond donors (Lipinski definition) is 1.